The van der Waals surface area contributed by atoms with Crippen molar-refractivity contribution in [1.82, 2.24) is 10.0 Å². The molecule has 0 saturated heterocycles. The first kappa shape index (κ1) is 19.8. The first-order chi connectivity index (χ1) is 12.0. The summed E-state index contributed by atoms with van der Waals surface area (Å²) < 4.78 is 1.01. The van der Waals surface area contributed by atoms with Gasteiger partial charge in [0, 0.05) is 0 Å². The van der Waals surface area contributed by atoms with Gasteiger partial charge in [-0.2, -0.15) is 0 Å². The summed E-state index contributed by atoms with van der Waals surface area (Å²) in [6.45, 7) is 2.79. The van der Waals surface area contributed by atoms with Crippen LogP contribution in [0.15, 0.2) is 66.7 Å². The third kappa shape index (κ3) is 6.04. The van der Waals surface area contributed by atoms with E-state index in [0.717, 1.165) is 16.6 Å². The maximum atomic E-state index is 10.6. The Morgan fingerprint density at radius 1 is 1.04 bits per heavy atom. The van der Waals surface area contributed by atoms with Crippen LogP contribution in [-0.4, -0.2) is 39.8 Å². The van der Waals surface area contributed by atoms with Gasteiger partial charge < -0.3 is 0 Å². The molecule has 2 atom stereocenters. The Kier molecular flexibility index (Phi) is 7.77. The summed E-state index contributed by atoms with van der Waals surface area (Å²) in [4.78, 5) is 0. The Morgan fingerprint density at radius 2 is 1.60 bits per heavy atom. The SMILES string of the molecule is C[C@@H]([C](=[Cr])N(Cc1ccccc1)N(C)C)[C@@H](O)/C=C/c1ccccc1. The molecule has 0 unspecified atom stereocenters. The van der Waals surface area contributed by atoms with E-state index in [2.05, 4.69) is 33.0 Å². The van der Waals surface area contributed by atoms with E-state index in [9.17, 15) is 5.11 Å². The van der Waals surface area contributed by atoms with Crippen molar-refractivity contribution in [2.24, 2.45) is 5.92 Å². The zero-order chi connectivity index (χ0) is 18.2. The number of hydrogen-bond donors (Lipinski definition) is 1. The summed E-state index contributed by atoms with van der Waals surface area (Å²) >= 11 is 3.16. The standard InChI is InChI=1S/C21H26N2O.Cr/c1-18(21(24)15-14-19-10-6-4-7-11-19)16-23(22(2)3)17-20-12-8-5-9-13-20;/h4-15,18,21,24H,17H2,1-3H3;/b15-14+;/t18-,21-;/m0./s1. The van der Waals surface area contributed by atoms with Gasteiger partial charge in [0.2, 0.25) is 0 Å². The van der Waals surface area contributed by atoms with Gasteiger partial charge in [-0.25, -0.2) is 0 Å². The van der Waals surface area contributed by atoms with E-state index in [1.165, 1.54) is 5.56 Å². The number of aliphatic hydroxyl groups is 1. The summed E-state index contributed by atoms with van der Waals surface area (Å²) in [5, 5.41) is 14.8. The van der Waals surface area contributed by atoms with Crippen LogP contribution in [0.1, 0.15) is 18.1 Å². The zero-order valence-electron chi connectivity index (χ0n) is 15.0. The Labute approximate surface area is 159 Å². The van der Waals surface area contributed by atoms with Crippen LogP contribution in [0.4, 0.5) is 0 Å². The second kappa shape index (κ2) is 9.82. The topological polar surface area (TPSA) is 26.7 Å². The first-order valence-corrected chi connectivity index (χ1v) is 9.06. The molecule has 0 fully saturated rings. The summed E-state index contributed by atoms with van der Waals surface area (Å²) in [7, 11) is 4.03. The molecule has 0 saturated carbocycles. The molecule has 0 aliphatic carbocycles. The molecule has 0 bridgehead atoms. The molecule has 0 aliphatic heterocycles. The Bertz CT molecular complexity index is 686. The predicted octanol–water partition coefficient (Wildman–Crippen LogP) is 3.35. The molecule has 0 amide bonds. The van der Waals surface area contributed by atoms with Gasteiger partial charge in [0.15, 0.2) is 0 Å². The quantitative estimate of drug-likeness (QED) is 0.718. The number of benzene rings is 2. The molecule has 0 spiro atoms. The van der Waals surface area contributed by atoms with Gasteiger partial charge >= 0.3 is 159 Å². The number of aliphatic hydroxyl groups excluding tert-OH is 1. The van der Waals surface area contributed by atoms with Crippen molar-refractivity contribution < 1.29 is 21.0 Å². The molecular weight excluding hydrogens is 348 g/mol. The molecule has 0 aromatic heterocycles. The van der Waals surface area contributed by atoms with Crippen LogP contribution in [-0.2, 0) is 22.4 Å². The molecule has 2 aromatic rings. The summed E-state index contributed by atoms with van der Waals surface area (Å²) in [6, 6.07) is 20.4. The van der Waals surface area contributed by atoms with Crippen molar-refractivity contribution in [3.05, 3.63) is 77.9 Å². The molecule has 4 heteroatoms. The molecule has 25 heavy (non-hydrogen) atoms. The van der Waals surface area contributed by atoms with Gasteiger partial charge in [-0.3, -0.25) is 0 Å². The monoisotopic (exact) mass is 374 g/mol. The van der Waals surface area contributed by atoms with E-state index in [-0.39, 0.29) is 5.92 Å². The minimum atomic E-state index is -0.560. The van der Waals surface area contributed by atoms with Crippen molar-refractivity contribution in [2.75, 3.05) is 14.1 Å². The van der Waals surface area contributed by atoms with Crippen LogP contribution in [0.2, 0.25) is 0 Å². The van der Waals surface area contributed by atoms with Crippen molar-refractivity contribution in [2.45, 2.75) is 19.6 Å². The van der Waals surface area contributed by atoms with Gasteiger partial charge in [-0.05, 0) is 0 Å². The maximum absolute atomic E-state index is 10.6. The Morgan fingerprint density at radius 3 is 2.16 bits per heavy atom. The van der Waals surface area contributed by atoms with Gasteiger partial charge in [-0.1, -0.05) is 0 Å². The van der Waals surface area contributed by atoms with Crippen LogP contribution in [0, 0.1) is 5.92 Å². The van der Waals surface area contributed by atoms with Gasteiger partial charge in [0.25, 0.3) is 0 Å². The van der Waals surface area contributed by atoms with Crippen molar-refractivity contribution in [3.63, 3.8) is 0 Å². The van der Waals surface area contributed by atoms with E-state index in [4.69, 9.17) is 0 Å². The molecule has 132 valence electrons. The average molecular weight is 374 g/mol. The summed E-state index contributed by atoms with van der Waals surface area (Å²) in [5.74, 6) is -0.0360. The second-order valence-electron chi connectivity index (χ2n) is 6.28. The Hall–Kier alpha value is -1.54. The van der Waals surface area contributed by atoms with E-state index >= 15 is 0 Å². The summed E-state index contributed by atoms with van der Waals surface area (Å²) in [6.07, 6.45) is 3.26. The fourth-order valence-electron chi connectivity index (χ4n) is 2.49. The Balaban J connectivity index is 2.05. The molecule has 3 nitrogen and oxygen atoms in total. The third-order valence-corrected chi connectivity index (χ3v) is 5.01. The molecule has 1 N–H and O–H groups in total. The number of hydrazine groups is 1. The van der Waals surface area contributed by atoms with Gasteiger partial charge in [-0.15, -0.1) is 0 Å². The van der Waals surface area contributed by atoms with E-state index in [0.29, 0.717) is 0 Å². The first-order valence-electron chi connectivity index (χ1n) is 8.43. The van der Waals surface area contributed by atoms with E-state index < -0.39 is 6.10 Å². The van der Waals surface area contributed by atoms with E-state index in [1.54, 1.807) is 0 Å². The number of nitrogens with zero attached hydrogens (tertiary/aromatic N) is 2. The third-order valence-electron chi connectivity index (χ3n) is 4.10. The molecular formula is C21H26CrN2O. The summed E-state index contributed by atoms with van der Waals surface area (Å²) in [5.41, 5.74) is 2.31. The number of hydrogen-bond acceptors (Lipinski definition) is 3. The molecule has 0 radical (unpaired) electrons. The average Bonchev–Trinajstić information content (AvgIpc) is 2.64. The predicted molar refractivity (Wildman–Crippen MR) is 101 cm³/mol. The molecule has 2 rings (SSSR count). The normalized spacial score (nSPS) is 14.2. The van der Waals surface area contributed by atoms with Crippen molar-refractivity contribution >= 4 is 10.6 Å². The van der Waals surface area contributed by atoms with Crippen LogP contribution in [0.25, 0.3) is 6.08 Å². The van der Waals surface area contributed by atoms with Gasteiger partial charge in [0.1, 0.15) is 0 Å². The van der Waals surface area contributed by atoms with Gasteiger partial charge in [0.05, 0.1) is 0 Å². The van der Waals surface area contributed by atoms with Crippen LogP contribution in [0.5, 0.6) is 0 Å². The van der Waals surface area contributed by atoms with Crippen LogP contribution in [0.3, 0.4) is 0 Å². The number of rotatable bonds is 8. The zero-order valence-corrected chi connectivity index (χ0v) is 16.3. The molecule has 2 aromatic carbocycles. The fraction of sp³-hybridized carbons (Fsp3) is 0.286. The molecule has 0 heterocycles. The van der Waals surface area contributed by atoms with Crippen molar-refractivity contribution in [3.8, 4) is 0 Å². The van der Waals surface area contributed by atoms with Crippen LogP contribution >= 0.6 is 0 Å². The molecule has 0 aliphatic rings. The van der Waals surface area contributed by atoms with E-state index in [1.807, 2.05) is 86.7 Å². The fourth-order valence-corrected chi connectivity index (χ4v) is 3.07. The van der Waals surface area contributed by atoms with Crippen molar-refractivity contribution in [1.29, 1.82) is 0 Å². The van der Waals surface area contributed by atoms with Crippen LogP contribution < -0.4 is 0 Å². The second-order valence-corrected chi connectivity index (χ2v) is 6.93. The minimum absolute atomic E-state index is 0.0360.